The molecule has 0 amide bonds. The number of allylic oxidation sites excluding steroid dienone is 2. The van der Waals surface area contributed by atoms with E-state index in [1.165, 1.54) is 0 Å². The zero-order valence-electron chi connectivity index (χ0n) is 8.60. The lowest BCUT2D eigenvalue weighted by Crippen LogP contribution is -2.33. The summed E-state index contributed by atoms with van der Waals surface area (Å²) in [7, 11) is 0. The first-order valence-electron chi connectivity index (χ1n) is 4.80. The highest BCUT2D eigenvalue weighted by Crippen LogP contribution is 2.43. The zero-order chi connectivity index (χ0) is 10.1. The van der Waals surface area contributed by atoms with Gasteiger partial charge in [-0.05, 0) is 24.7 Å². The molecule has 0 saturated heterocycles. The standard InChI is InChI=1S/C12H18O/c1-5-12(4)7-6-10(13)8-11(12)9(2)3/h5,11H,1-2,6-8H2,3-4H3/t11-,12+/m0/s1. The van der Waals surface area contributed by atoms with Crippen molar-refractivity contribution in [3.8, 4) is 0 Å². The van der Waals surface area contributed by atoms with E-state index in [-0.39, 0.29) is 5.41 Å². The van der Waals surface area contributed by atoms with Gasteiger partial charge in [-0.15, -0.1) is 6.58 Å². The third kappa shape index (κ3) is 1.90. The van der Waals surface area contributed by atoms with Crippen molar-refractivity contribution in [3.63, 3.8) is 0 Å². The first-order valence-corrected chi connectivity index (χ1v) is 4.80. The predicted octanol–water partition coefficient (Wildman–Crippen LogP) is 3.12. The van der Waals surface area contributed by atoms with Crippen LogP contribution in [-0.4, -0.2) is 5.78 Å². The summed E-state index contributed by atoms with van der Waals surface area (Å²) in [6.45, 7) is 12.0. The van der Waals surface area contributed by atoms with Crippen LogP contribution in [0.5, 0.6) is 0 Å². The summed E-state index contributed by atoms with van der Waals surface area (Å²) in [6.07, 6.45) is 4.26. The summed E-state index contributed by atoms with van der Waals surface area (Å²) < 4.78 is 0. The molecule has 0 heterocycles. The van der Waals surface area contributed by atoms with Crippen LogP contribution in [0.2, 0.25) is 0 Å². The van der Waals surface area contributed by atoms with Crippen LogP contribution in [0.4, 0.5) is 0 Å². The number of ketones is 1. The van der Waals surface area contributed by atoms with Crippen LogP contribution in [0.1, 0.15) is 33.1 Å². The van der Waals surface area contributed by atoms with Gasteiger partial charge in [0.25, 0.3) is 0 Å². The van der Waals surface area contributed by atoms with Crippen molar-refractivity contribution < 1.29 is 4.79 Å². The number of Topliss-reactive ketones (excluding diaryl/α,β-unsaturated/α-hetero) is 1. The van der Waals surface area contributed by atoms with Crippen molar-refractivity contribution in [3.05, 3.63) is 24.8 Å². The SMILES string of the molecule is C=C[C@]1(C)CCC(=O)C[C@H]1C(=C)C. The molecule has 1 nitrogen and oxygen atoms in total. The lowest BCUT2D eigenvalue weighted by atomic mass is 9.65. The molecule has 13 heavy (non-hydrogen) atoms. The van der Waals surface area contributed by atoms with Gasteiger partial charge in [0, 0.05) is 12.8 Å². The van der Waals surface area contributed by atoms with Crippen molar-refractivity contribution in [1.29, 1.82) is 0 Å². The van der Waals surface area contributed by atoms with Gasteiger partial charge in [0.2, 0.25) is 0 Å². The Labute approximate surface area is 80.5 Å². The summed E-state index contributed by atoms with van der Waals surface area (Å²) in [4.78, 5) is 11.3. The lowest BCUT2D eigenvalue weighted by molar-refractivity contribution is -0.123. The first-order chi connectivity index (χ1) is 5.99. The van der Waals surface area contributed by atoms with E-state index in [0.29, 0.717) is 24.5 Å². The second kappa shape index (κ2) is 3.49. The van der Waals surface area contributed by atoms with E-state index in [1.54, 1.807) is 0 Å². The van der Waals surface area contributed by atoms with E-state index in [2.05, 4.69) is 20.1 Å². The summed E-state index contributed by atoms with van der Waals surface area (Å²) in [6, 6.07) is 0. The van der Waals surface area contributed by atoms with Crippen LogP contribution in [0, 0.1) is 11.3 Å². The third-order valence-corrected chi connectivity index (χ3v) is 3.23. The molecule has 0 aromatic heterocycles. The average molecular weight is 178 g/mol. The highest BCUT2D eigenvalue weighted by atomic mass is 16.1. The molecule has 1 saturated carbocycles. The number of rotatable bonds is 2. The average Bonchev–Trinajstić information content (AvgIpc) is 2.09. The molecule has 1 rings (SSSR count). The molecular formula is C12H18O. The third-order valence-electron chi connectivity index (χ3n) is 3.23. The Morgan fingerprint density at radius 2 is 2.31 bits per heavy atom. The van der Waals surface area contributed by atoms with Gasteiger partial charge in [0.05, 0.1) is 0 Å². The van der Waals surface area contributed by atoms with Crippen LogP contribution in [0.15, 0.2) is 24.8 Å². The minimum absolute atomic E-state index is 0.0831. The molecule has 0 aliphatic heterocycles. The van der Waals surface area contributed by atoms with Crippen LogP contribution in [-0.2, 0) is 4.79 Å². The highest BCUT2D eigenvalue weighted by molar-refractivity contribution is 5.80. The minimum Gasteiger partial charge on any atom is -0.300 e. The van der Waals surface area contributed by atoms with Gasteiger partial charge in [-0.25, -0.2) is 0 Å². The monoisotopic (exact) mass is 178 g/mol. The molecule has 1 aliphatic carbocycles. The zero-order valence-corrected chi connectivity index (χ0v) is 8.60. The Morgan fingerprint density at radius 1 is 1.69 bits per heavy atom. The highest BCUT2D eigenvalue weighted by Gasteiger charge is 2.37. The summed E-state index contributed by atoms with van der Waals surface area (Å²) in [5.74, 6) is 0.665. The van der Waals surface area contributed by atoms with Crippen molar-refractivity contribution >= 4 is 5.78 Å². The number of carbonyl (C=O) groups is 1. The van der Waals surface area contributed by atoms with E-state index in [9.17, 15) is 4.79 Å². The molecule has 0 aromatic rings. The van der Waals surface area contributed by atoms with Crippen LogP contribution < -0.4 is 0 Å². The number of carbonyl (C=O) groups excluding carboxylic acids is 1. The van der Waals surface area contributed by atoms with Gasteiger partial charge < -0.3 is 0 Å². The smallest absolute Gasteiger partial charge is 0.133 e. The maximum atomic E-state index is 11.3. The fraction of sp³-hybridized carbons (Fsp3) is 0.583. The fourth-order valence-electron chi connectivity index (χ4n) is 2.13. The maximum absolute atomic E-state index is 11.3. The Morgan fingerprint density at radius 3 is 2.77 bits per heavy atom. The molecule has 0 aromatic carbocycles. The van der Waals surface area contributed by atoms with Crippen LogP contribution in [0.25, 0.3) is 0 Å². The Bertz CT molecular complexity index is 252. The summed E-state index contributed by atoms with van der Waals surface area (Å²) in [5, 5.41) is 0. The van der Waals surface area contributed by atoms with Gasteiger partial charge >= 0.3 is 0 Å². The van der Waals surface area contributed by atoms with Gasteiger partial charge in [-0.1, -0.05) is 25.2 Å². The molecule has 0 N–H and O–H groups in total. The summed E-state index contributed by atoms with van der Waals surface area (Å²) >= 11 is 0. The quantitative estimate of drug-likeness (QED) is 0.594. The predicted molar refractivity (Wildman–Crippen MR) is 55.5 cm³/mol. The molecular weight excluding hydrogens is 160 g/mol. The fourth-order valence-corrected chi connectivity index (χ4v) is 2.13. The minimum atomic E-state index is 0.0831. The van der Waals surface area contributed by atoms with Gasteiger partial charge in [0.15, 0.2) is 0 Å². The lowest BCUT2D eigenvalue weighted by Gasteiger charge is -2.39. The second-order valence-corrected chi connectivity index (χ2v) is 4.35. The Balaban J connectivity index is 2.90. The largest absolute Gasteiger partial charge is 0.300 e. The second-order valence-electron chi connectivity index (χ2n) is 4.35. The van der Waals surface area contributed by atoms with Crippen LogP contribution in [0.3, 0.4) is 0 Å². The van der Waals surface area contributed by atoms with E-state index in [4.69, 9.17) is 0 Å². The Hall–Kier alpha value is -0.850. The maximum Gasteiger partial charge on any atom is 0.133 e. The van der Waals surface area contributed by atoms with Gasteiger partial charge in [-0.3, -0.25) is 4.79 Å². The molecule has 1 heteroatoms. The van der Waals surface area contributed by atoms with Crippen LogP contribution >= 0.6 is 0 Å². The van der Waals surface area contributed by atoms with E-state index >= 15 is 0 Å². The van der Waals surface area contributed by atoms with E-state index < -0.39 is 0 Å². The Kier molecular flexibility index (Phi) is 2.74. The topological polar surface area (TPSA) is 17.1 Å². The molecule has 2 atom stereocenters. The molecule has 0 spiro atoms. The normalized spacial score (nSPS) is 34.3. The van der Waals surface area contributed by atoms with Crippen molar-refractivity contribution in [2.24, 2.45) is 11.3 Å². The molecule has 0 unspecified atom stereocenters. The van der Waals surface area contributed by atoms with Crippen molar-refractivity contribution in [2.45, 2.75) is 33.1 Å². The van der Waals surface area contributed by atoms with Crippen molar-refractivity contribution in [2.75, 3.05) is 0 Å². The first kappa shape index (κ1) is 10.2. The molecule has 72 valence electrons. The molecule has 0 bridgehead atoms. The molecule has 1 aliphatic rings. The number of hydrogen-bond acceptors (Lipinski definition) is 1. The summed E-state index contributed by atoms with van der Waals surface area (Å²) in [5.41, 5.74) is 1.19. The number of hydrogen-bond donors (Lipinski definition) is 0. The van der Waals surface area contributed by atoms with Crippen molar-refractivity contribution in [1.82, 2.24) is 0 Å². The van der Waals surface area contributed by atoms with Gasteiger partial charge in [0.1, 0.15) is 5.78 Å². The molecule has 1 fully saturated rings. The van der Waals surface area contributed by atoms with Gasteiger partial charge in [-0.2, -0.15) is 0 Å². The molecule has 0 radical (unpaired) electrons. The van der Waals surface area contributed by atoms with E-state index in [1.807, 2.05) is 13.0 Å². The van der Waals surface area contributed by atoms with E-state index in [0.717, 1.165) is 12.0 Å².